The van der Waals surface area contributed by atoms with E-state index in [1.807, 2.05) is 120 Å². The second kappa shape index (κ2) is 40.1. The number of pyridine rings is 3. The number of piperidine rings is 1. The molecule has 7 aromatic carbocycles. The number of rotatable bonds is 21. The van der Waals surface area contributed by atoms with E-state index in [4.69, 9.17) is 48.1 Å². The van der Waals surface area contributed by atoms with E-state index in [0.717, 1.165) is 238 Å². The Morgan fingerprint density at radius 3 is 1.06 bits per heavy atom. The lowest BCUT2D eigenvalue weighted by atomic mass is 9.98. The highest BCUT2D eigenvalue weighted by Crippen LogP contribution is 2.39. The van der Waals surface area contributed by atoms with Crippen LogP contribution in [0.15, 0.2) is 152 Å². The third-order valence-electron chi connectivity index (χ3n) is 27.3. The molecule has 0 atom stereocenters. The van der Waals surface area contributed by atoms with Crippen molar-refractivity contribution in [3.05, 3.63) is 275 Å². The zero-order chi connectivity index (χ0) is 92.4. The summed E-state index contributed by atoms with van der Waals surface area (Å²) in [7, 11) is 0. The average Bonchev–Trinajstić information content (AvgIpc) is 1.65. The van der Waals surface area contributed by atoms with Crippen molar-refractivity contribution in [2.75, 3.05) is 103 Å². The molecule has 21 rings (SSSR count). The van der Waals surface area contributed by atoms with Crippen molar-refractivity contribution in [3.8, 4) is 0 Å². The monoisotopic (exact) mass is 1830 g/mol. The lowest BCUT2D eigenvalue weighted by Crippen LogP contribution is -2.47. The van der Waals surface area contributed by atoms with E-state index in [9.17, 15) is 22.0 Å². The van der Waals surface area contributed by atoms with Crippen LogP contribution >= 0.6 is 23.2 Å². The molecule has 0 unspecified atom stereocenters. The molecule has 0 aliphatic carbocycles. The Balaban J connectivity index is 0.000000116. The summed E-state index contributed by atoms with van der Waals surface area (Å²) in [4.78, 5) is 52.2. The second-order valence-corrected chi connectivity index (χ2v) is 38.6. The maximum atomic E-state index is 14.3. The van der Waals surface area contributed by atoms with Crippen molar-refractivity contribution >= 4 is 109 Å². The van der Waals surface area contributed by atoms with Gasteiger partial charge < -0.3 is 47.3 Å². The van der Waals surface area contributed by atoms with Crippen molar-refractivity contribution in [3.63, 3.8) is 0 Å². The molecule has 26 heteroatoms. The summed E-state index contributed by atoms with van der Waals surface area (Å²) in [6.45, 7) is 43.4. The SMILES string of the molecule is CCC1CN(c2nc3ccc(Cl)cc3n2Cc2ccc(F)c(Cl)c2)C1.CCC1CN(c2nc3ncc(C)cc3n2Cc2ccc(F)c(C)c2)C1.CCC1CN(c2nc3ncc(C)cc3n2Cc2ccc(F)c(C)c2)C1.CCC1CN(c2nc3ncc(C)cc3n2Cc2ccc(F)c(C)c2)C1.Cc1cc(CN2CCCC2)c2nc(N3CCCCC3)n(Cc3cc(C)c(F)c(C)c3)c2c1. The van der Waals surface area contributed by atoms with Crippen LogP contribution in [0.3, 0.4) is 0 Å². The molecule has 8 aromatic heterocycles. The summed E-state index contributed by atoms with van der Waals surface area (Å²) in [6.07, 6.45) is 16.7. The molecule has 19 nitrogen and oxygen atoms in total. The Hall–Kier alpha value is -11.5. The van der Waals surface area contributed by atoms with Crippen LogP contribution in [-0.2, 0) is 39.3 Å². The van der Waals surface area contributed by atoms with Crippen LogP contribution in [0.4, 0.5) is 51.7 Å². The second-order valence-electron chi connectivity index (χ2n) is 37.8. The number of aromatic nitrogens is 13. The van der Waals surface area contributed by atoms with Gasteiger partial charge in [0, 0.05) is 95.6 Å². The van der Waals surface area contributed by atoms with Crippen LogP contribution in [0.25, 0.3) is 55.6 Å². The standard InChI is InChI=1S/C27H35FN4.3C20H23FN4.C19H18Cl2FN3/c1-19-13-23(18-30-9-7-8-10-30)26-24(14-19)32(27(29-26)31-11-5-4-6-12-31)17-22-15-20(2)25(28)21(3)16-22;3*1-4-15-10-24(11-15)20-23-19-18(7-13(2)9-22-19)25(20)12-16-5-6-17(21)14(3)8-16;1-2-12-9-24(10-12)19-23-17-6-4-14(20)8-18(17)25(19)11-13-3-5-16(22)15(21)7-13/h13-16H,4-12,17-18H2,1-3H3;3*5-9,15H,4,10-12H2,1-3H3;3-8,12H,2,9-11H2,1H3. The zero-order valence-electron chi connectivity index (χ0n) is 78.5. The summed E-state index contributed by atoms with van der Waals surface area (Å²) in [6, 6.07) is 41.5. The van der Waals surface area contributed by atoms with Crippen LogP contribution in [0.2, 0.25) is 10.0 Å². The molecule has 0 amide bonds. The highest BCUT2D eigenvalue weighted by Gasteiger charge is 2.35. The van der Waals surface area contributed by atoms with Gasteiger partial charge in [-0.05, 0) is 313 Å². The first-order valence-electron chi connectivity index (χ1n) is 47.2. The predicted octanol–water partition coefficient (Wildman–Crippen LogP) is 23.4. The highest BCUT2D eigenvalue weighted by molar-refractivity contribution is 6.31. The van der Waals surface area contributed by atoms with E-state index in [1.54, 1.807) is 51.1 Å². The molecule has 0 saturated carbocycles. The van der Waals surface area contributed by atoms with Gasteiger partial charge in [-0.25, -0.2) is 46.9 Å². The van der Waals surface area contributed by atoms with Crippen LogP contribution < -0.4 is 24.5 Å². The number of nitrogens with zero attached hydrogens (tertiary/aromatic N) is 19. The van der Waals surface area contributed by atoms with Gasteiger partial charge >= 0.3 is 0 Å². The number of likely N-dealkylation sites (tertiary alicyclic amines) is 1. The van der Waals surface area contributed by atoms with Crippen LogP contribution in [-0.4, -0.2) is 146 Å². The number of aryl methyl sites for hydroxylation is 9. The predicted molar refractivity (Wildman–Crippen MR) is 527 cm³/mol. The first-order chi connectivity index (χ1) is 63.7. The van der Waals surface area contributed by atoms with Gasteiger partial charge in [-0.3, -0.25) is 4.90 Å². The lowest BCUT2D eigenvalue weighted by Gasteiger charge is -2.39. The molecular formula is C106H122Cl2F5N19. The number of imidazole rings is 5. The quantitative estimate of drug-likeness (QED) is 0.0629. The summed E-state index contributed by atoms with van der Waals surface area (Å²) in [5.74, 6) is 6.90. The Morgan fingerprint density at radius 1 is 0.311 bits per heavy atom. The molecule has 6 saturated heterocycles. The topological polar surface area (TPSA) is 147 Å². The molecular weight excluding hydrogens is 1710 g/mol. The van der Waals surface area contributed by atoms with Crippen LogP contribution in [0.1, 0.15) is 169 Å². The maximum Gasteiger partial charge on any atom is 0.208 e. The molecule has 6 fully saturated rings. The van der Waals surface area contributed by atoms with Crippen molar-refractivity contribution in [2.24, 2.45) is 23.7 Å². The van der Waals surface area contributed by atoms with E-state index < -0.39 is 5.82 Å². The number of benzene rings is 7. The van der Waals surface area contributed by atoms with Gasteiger partial charge in [0.05, 0.1) is 76.4 Å². The van der Waals surface area contributed by atoms with E-state index >= 15 is 0 Å². The highest BCUT2D eigenvalue weighted by atomic mass is 35.5. The van der Waals surface area contributed by atoms with Gasteiger partial charge in [-0.2, -0.15) is 15.0 Å². The van der Waals surface area contributed by atoms with E-state index in [1.165, 1.54) is 93.6 Å². The molecule has 15 aromatic rings. The fraction of sp³-hybridized carbons (Fsp3) is 0.415. The minimum absolute atomic E-state index is 0.0933. The third kappa shape index (κ3) is 20.4. The van der Waals surface area contributed by atoms with Crippen molar-refractivity contribution in [1.29, 1.82) is 0 Å². The molecule has 132 heavy (non-hydrogen) atoms. The molecule has 6 aliphatic heterocycles. The molecule has 690 valence electrons. The third-order valence-corrected chi connectivity index (χ3v) is 27.8. The molecule has 0 spiro atoms. The van der Waals surface area contributed by atoms with Gasteiger partial charge in [-0.15, -0.1) is 0 Å². The lowest BCUT2D eigenvalue weighted by molar-refractivity contribution is 0.332. The summed E-state index contributed by atoms with van der Waals surface area (Å²) in [5, 5.41) is 0.809. The number of hydrogen-bond donors (Lipinski definition) is 0. The smallest absolute Gasteiger partial charge is 0.208 e. The normalized spacial score (nSPS) is 15.6. The van der Waals surface area contributed by atoms with Gasteiger partial charge in [0.2, 0.25) is 29.7 Å². The van der Waals surface area contributed by atoms with Gasteiger partial charge in [0.1, 0.15) is 29.1 Å². The number of fused-ring (bicyclic) bond motifs is 5. The Bertz CT molecular complexity index is 6030. The number of anilines is 5. The first kappa shape index (κ1) is 92.4. The van der Waals surface area contributed by atoms with Crippen molar-refractivity contribution in [2.45, 2.75) is 187 Å². The Kier molecular flexibility index (Phi) is 28.1. The maximum absolute atomic E-state index is 14.3. The van der Waals surface area contributed by atoms with E-state index in [-0.39, 0.29) is 28.3 Å². The fourth-order valence-corrected chi connectivity index (χ4v) is 19.6. The summed E-state index contributed by atoms with van der Waals surface area (Å²) < 4.78 is 79.7. The van der Waals surface area contributed by atoms with Crippen LogP contribution in [0, 0.1) is 115 Å². The molecule has 0 bridgehead atoms. The fourth-order valence-electron chi connectivity index (χ4n) is 19.2. The zero-order valence-corrected chi connectivity index (χ0v) is 80.0. The number of hydrogen-bond acceptors (Lipinski definition) is 14. The molecule has 6 aliphatic rings. The van der Waals surface area contributed by atoms with Crippen LogP contribution in [0.5, 0.6) is 0 Å². The summed E-state index contributed by atoms with van der Waals surface area (Å²) in [5.41, 5.74) is 24.4. The van der Waals surface area contributed by atoms with Crippen molar-refractivity contribution < 1.29 is 22.0 Å². The number of halogens is 7. The van der Waals surface area contributed by atoms with Gasteiger partial charge in [0.15, 0.2) is 16.9 Å². The minimum atomic E-state index is -0.405. The van der Waals surface area contributed by atoms with E-state index in [0.29, 0.717) is 47.9 Å². The minimum Gasteiger partial charge on any atom is -0.342 e. The Labute approximate surface area is 781 Å². The molecule has 0 N–H and O–H groups in total. The summed E-state index contributed by atoms with van der Waals surface area (Å²) >= 11 is 12.1. The molecule has 14 heterocycles. The molecule has 0 radical (unpaired) electrons. The van der Waals surface area contributed by atoms with Gasteiger partial charge in [0.25, 0.3) is 0 Å². The Morgan fingerprint density at radius 2 is 0.659 bits per heavy atom. The van der Waals surface area contributed by atoms with Gasteiger partial charge in [-0.1, -0.05) is 112 Å². The largest absolute Gasteiger partial charge is 0.342 e. The van der Waals surface area contributed by atoms with Crippen molar-refractivity contribution in [1.82, 2.24) is 67.6 Å². The average molecular weight is 1830 g/mol. The van der Waals surface area contributed by atoms with E-state index in [2.05, 4.69) is 132 Å². The first-order valence-corrected chi connectivity index (χ1v) is 48.0.